The van der Waals surface area contributed by atoms with Crippen LogP contribution in [0.2, 0.25) is 0 Å². The Hall–Kier alpha value is -0.300. The maximum absolute atomic E-state index is 7.00. The first-order valence-electron chi connectivity index (χ1n) is 2.31. The van der Waals surface area contributed by atoms with Gasteiger partial charge in [0.25, 0.3) is 0 Å². The van der Waals surface area contributed by atoms with E-state index in [0.717, 1.165) is 7.11 Å². The van der Waals surface area contributed by atoms with Crippen molar-refractivity contribution >= 4 is 0 Å². The van der Waals surface area contributed by atoms with Crippen molar-refractivity contribution in [2.75, 3.05) is 7.11 Å². The molecule has 0 unspecified atom stereocenters. The average molecular weight is 102 g/mol. The minimum Gasteiger partial charge on any atom is -0.400 e. The zero-order chi connectivity index (χ0) is 6.28. The molecule has 0 heterocycles. The molecule has 0 radical (unpaired) electrons. The van der Waals surface area contributed by atoms with Gasteiger partial charge in [0.15, 0.2) is 0 Å². The van der Waals surface area contributed by atoms with Gasteiger partial charge in [-0.25, -0.2) is 0 Å². The van der Waals surface area contributed by atoms with Crippen LogP contribution in [-0.2, 0) is 0 Å². The van der Waals surface area contributed by atoms with Crippen molar-refractivity contribution in [2.24, 2.45) is 0 Å². The van der Waals surface area contributed by atoms with Crippen LogP contribution in [-0.4, -0.2) is 12.2 Å². The van der Waals surface area contributed by atoms with Gasteiger partial charge in [-0.2, -0.15) is 0 Å². The Morgan fingerprint density at radius 2 is 1.43 bits per heavy atom. The summed E-state index contributed by atoms with van der Waals surface area (Å²) >= 11 is 0. The summed E-state index contributed by atoms with van der Waals surface area (Å²) in [5.74, 6) is 0. The molecule has 1 N–H and O–H groups in total. The molecule has 1 nitrogen and oxygen atoms in total. The van der Waals surface area contributed by atoms with Crippen molar-refractivity contribution in [1.29, 1.82) is 0 Å². The van der Waals surface area contributed by atoms with E-state index in [4.69, 9.17) is 5.11 Å². The molecule has 0 aliphatic rings. The zero-order valence-corrected chi connectivity index (χ0v) is 5.52. The summed E-state index contributed by atoms with van der Waals surface area (Å²) in [6.07, 6.45) is 2.08. The quantitative estimate of drug-likeness (QED) is 0.460. The molecule has 0 fully saturated rings. The number of hydrogen-bond acceptors (Lipinski definition) is 1. The lowest BCUT2D eigenvalue weighted by molar-refractivity contribution is 0.399. The van der Waals surface area contributed by atoms with E-state index in [1.807, 2.05) is 6.92 Å². The van der Waals surface area contributed by atoms with E-state index in [1.54, 1.807) is 0 Å². The predicted octanol–water partition coefficient (Wildman–Crippen LogP) is 1.58. The van der Waals surface area contributed by atoms with Gasteiger partial charge in [0.1, 0.15) is 0 Å². The van der Waals surface area contributed by atoms with Gasteiger partial charge in [-0.3, -0.25) is 0 Å². The Morgan fingerprint density at radius 3 is 1.43 bits per heavy atom. The molecule has 44 valence electrons. The molecule has 0 saturated heterocycles. The van der Waals surface area contributed by atoms with Gasteiger partial charge in [0.2, 0.25) is 0 Å². The number of allylic oxidation sites excluding steroid dienone is 2. The molecular weight excluding hydrogens is 88.1 g/mol. The van der Waals surface area contributed by atoms with Crippen molar-refractivity contribution in [3.63, 3.8) is 0 Å². The van der Waals surface area contributed by atoms with Crippen LogP contribution in [0.15, 0.2) is 11.6 Å². The number of aliphatic hydroxyl groups excluding tert-OH is 1. The molecule has 0 bridgehead atoms. The summed E-state index contributed by atoms with van der Waals surface area (Å²) in [6, 6.07) is 0. The van der Waals surface area contributed by atoms with E-state index in [2.05, 4.69) is 19.9 Å². The second-order valence-corrected chi connectivity index (χ2v) is 1.37. The topological polar surface area (TPSA) is 20.2 Å². The first-order valence-corrected chi connectivity index (χ1v) is 2.31. The minimum atomic E-state index is 1.00. The Labute approximate surface area is 45.7 Å². The van der Waals surface area contributed by atoms with Crippen molar-refractivity contribution < 1.29 is 5.11 Å². The highest BCUT2D eigenvalue weighted by Gasteiger charge is 1.60. The SMILES string of the molecule is CC=C(C)C.CO. The summed E-state index contributed by atoms with van der Waals surface area (Å²) in [5.41, 5.74) is 1.38. The van der Waals surface area contributed by atoms with Crippen LogP contribution in [0.25, 0.3) is 0 Å². The third-order valence-electron chi connectivity index (χ3n) is 0.577. The first kappa shape index (κ1) is 9.85. The molecule has 0 atom stereocenters. The Balaban J connectivity index is 0. The van der Waals surface area contributed by atoms with Crippen LogP contribution >= 0.6 is 0 Å². The molecular formula is C6H14O. The van der Waals surface area contributed by atoms with Crippen molar-refractivity contribution in [3.05, 3.63) is 11.6 Å². The van der Waals surface area contributed by atoms with Gasteiger partial charge in [-0.1, -0.05) is 11.6 Å². The maximum Gasteiger partial charge on any atom is 0.0319 e. The predicted molar refractivity (Wildman–Crippen MR) is 33.2 cm³/mol. The summed E-state index contributed by atoms with van der Waals surface area (Å²) in [4.78, 5) is 0. The molecule has 0 aromatic rings. The van der Waals surface area contributed by atoms with Gasteiger partial charge in [-0.05, 0) is 20.8 Å². The summed E-state index contributed by atoms with van der Waals surface area (Å²) in [6.45, 7) is 6.20. The highest BCUT2D eigenvalue weighted by atomic mass is 16.2. The smallest absolute Gasteiger partial charge is 0.0319 e. The van der Waals surface area contributed by atoms with Crippen LogP contribution in [0, 0.1) is 0 Å². The summed E-state index contributed by atoms with van der Waals surface area (Å²) in [5, 5.41) is 7.00. The van der Waals surface area contributed by atoms with Gasteiger partial charge >= 0.3 is 0 Å². The highest BCUT2D eigenvalue weighted by Crippen LogP contribution is 1.82. The molecule has 0 saturated carbocycles. The maximum atomic E-state index is 7.00. The molecule has 0 spiro atoms. The van der Waals surface area contributed by atoms with Gasteiger partial charge in [-0.15, -0.1) is 0 Å². The average Bonchev–Trinajstić information content (AvgIpc) is 1.73. The van der Waals surface area contributed by atoms with E-state index in [9.17, 15) is 0 Å². The fourth-order valence-corrected chi connectivity index (χ4v) is 0. The summed E-state index contributed by atoms with van der Waals surface area (Å²) in [7, 11) is 1.00. The van der Waals surface area contributed by atoms with Crippen LogP contribution in [0.1, 0.15) is 20.8 Å². The Morgan fingerprint density at radius 1 is 1.29 bits per heavy atom. The lowest BCUT2D eigenvalue weighted by Crippen LogP contribution is -1.52. The minimum absolute atomic E-state index is 1.00. The largest absolute Gasteiger partial charge is 0.400 e. The molecule has 1 heteroatoms. The molecule has 0 aliphatic carbocycles. The van der Waals surface area contributed by atoms with E-state index >= 15 is 0 Å². The van der Waals surface area contributed by atoms with E-state index in [-0.39, 0.29) is 0 Å². The molecule has 0 amide bonds. The lowest BCUT2D eigenvalue weighted by atomic mass is 10.3. The normalized spacial score (nSPS) is 5.86. The molecule has 0 aliphatic heterocycles. The lowest BCUT2D eigenvalue weighted by Gasteiger charge is -1.74. The third-order valence-corrected chi connectivity index (χ3v) is 0.577. The molecule has 0 rings (SSSR count). The Bertz CT molecular complexity index is 42.1. The number of rotatable bonds is 0. The van der Waals surface area contributed by atoms with Crippen LogP contribution in [0.4, 0.5) is 0 Å². The van der Waals surface area contributed by atoms with Gasteiger partial charge in [0, 0.05) is 7.11 Å². The van der Waals surface area contributed by atoms with Crippen LogP contribution < -0.4 is 0 Å². The van der Waals surface area contributed by atoms with E-state index < -0.39 is 0 Å². The van der Waals surface area contributed by atoms with E-state index in [0.29, 0.717) is 0 Å². The monoisotopic (exact) mass is 102 g/mol. The Kier molecular flexibility index (Phi) is 12.9. The first-order chi connectivity index (χ1) is 3.27. The third kappa shape index (κ3) is 27.0. The number of hydrogen-bond donors (Lipinski definition) is 1. The second kappa shape index (κ2) is 9.20. The van der Waals surface area contributed by atoms with Gasteiger partial charge in [0.05, 0.1) is 0 Å². The molecule has 7 heavy (non-hydrogen) atoms. The zero-order valence-electron chi connectivity index (χ0n) is 5.52. The summed E-state index contributed by atoms with van der Waals surface area (Å²) < 4.78 is 0. The fourth-order valence-electron chi connectivity index (χ4n) is 0. The van der Waals surface area contributed by atoms with Crippen molar-refractivity contribution in [2.45, 2.75) is 20.8 Å². The van der Waals surface area contributed by atoms with Crippen LogP contribution in [0.3, 0.4) is 0 Å². The van der Waals surface area contributed by atoms with Crippen LogP contribution in [0.5, 0.6) is 0 Å². The molecule has 0 aromatic carbocycles. The van der Waals surface area contributed by atoms with Crippen molar-refractivity contribution in [1.82, 2.24) is 0 Å². The van der Waals surface area contributed by atoms with Crippen molar-refractivity contribution in [3.8, 4) is 0 Å². The molecule has 0 aromatic heterocycles. The second-order valence-electron chi connectivity index (χ2n) is 1.37. The van der Waals surface area contributed by atoms with E-state index in [1.165, 1.54) is 5.57 Å². The number of aliphatic hydroxyl groups is 1. The van der Waals surface area contributed by atoms with Gasteiger partial charge < -0.3 is 5.11 Å². The fraction of sp³-hybridized carbons (Fsp3) is 0.667. The highest BCUT2D eigenvalue weighted by molar-refractivity contribution is 4.88. The standard InChI is InChI=1S/C5H10.CH4O/c1-4-5(2)3;1-2/h4H,1-3H3;2H,1H3.